The van der Waals surface area contributed by atoms with E-state index in [9.17, 15) is 0 Å². The zero-order chi connectivity index (χ0) is 7.40. The van der Waals surface area contributed by atoms with Crippen LogP contribution >= 0.6 is 0 Å². The van der Waals surface area contributed by atoms with Crippen molar-refractivity contribution in [2.75, 3.05) is 12.0 Å². The Morgan fingerprint density at radius 2 is 2.10 bits per heavy atom. The summed E-state index contributed by atoms with van der Waals surface area (Å²) in [6.45, 7) is 6.60. The molecule has 0 aliphatic rings. The fourth-order valence-electron chi connectivity index (χ4n) is 0.666. The molecule has 10 heavy (non-hydrogen) atoms. The summed E-state index contributed by atoms with van der Waals surface area (Å²) in [6.07, 6.45) is 3.92. The quantitative estimate of drug-likeness (QED) is 0.625. The van der Waals surface area contributed by atoms with Gasteiger partial charge in [0.1, 0.15) is 0 Å². The number of nitrogens with zero attached hydrogens (tertiary/aromatic N) is 1. The normalized spacial score (nSPS) is 9.30. The molecule has 0 amide bonds. The van der Waals surface area contributed by atoms with E-state index in [1.807, 2.05) is 36.1 Å². The molecule has 2 nitrogen and oxygen atoms in total. The van der Waals surface area contributed by atoms with Gasteiger partial charge in [0.25, 0.3) is 0 Å². The summed E-state index contributed by atoms with van der Waals surface area (Å²) in [5.41, 5.74) is 4.27. The molecule has 2 heteroatoms. The highest BCUT2D eigenvalue weighted by Gasteiger charge is 1.84. The van der Waals surface area contributed by atoms with Crippen molar-refractivity contribution in [2.45, 2.75) is 6.92 Å². The third-order valence-corrected chi connectivity index (χ3v) is 1.17. The summed E-state index contributed by atoms with van der Waals surface area (Å²) < 4.78 is 1.91. The second-order valence-electron chi connectivity index (χ2n) is 2.38. The van der Waals surface area contributed by atoms with E-state index in [1.165, 1.54) is 0 Å². The van der Waals surface area contributed by atoms with Gasteiger partial charge in [-0.05, 0) is 19.1 Å². The molecule has 0 unspecified atom stereocenters. The second kappa shape index (κ2) is 3.11. The molecule has 1 N–H and O–H groups in total. The van der Waals surface area contributed by atoms with E-state index in [-0.39, 0.29) is 0 Å². The van der Waals surface area contributed by atoms with Gasteiger partial charge in [-0.2, -0.15) is 0 Å². The Balaban J connectivity index is 2.35. The first-order valence-corrected chi connectivity index (χ1v) is 3.30. The average Bonchev–Trinajstić information content (AvgIpc) is 2.34. The average molecular weight is 136 g/mol. The highest BCUT2D eigenvalue weighted by atomic mass is 15.4. The van der Waals surface area contributed by atoms with E-state index in [0.717, 1.165) is 12.1 Å². The van der Waals surface area contributed by atoms with E-state index in [2.05, 4.69) is 12.0 Å². The van der Waals surface area contributed by atoms with Gasteiger partial charge in [0.2, 0.25) is 0 Å². The molecule has 54 valence electrons. The molecule has 0 saturated carbocycles. The molecule has 0 saturated heterocycles. The lowest BCUT2D eigenvalue weighted by Crippen LogP contribution is -2.13. The van der Waals surface area contributed by atoms with Gasteiger partial charge in [0, 0.05) is 12.4 Å². The number of hydrogen-bond acceptors (Lipinski definition) is 1. The molecule has 0 atom stereocenters. The number of aromatic nitrogens is 1. The van der Waals surface area contributed by atoms with Crippen molar-refractivity contribution in [3.8, 4) is 0 Å². The molecule has 0 fully saturated rings. The Kier molecular flexibility index (Phi) is 2.15. The second-order valence-corrected chi connectivity index (χ2v) is 2.38. The van der Waals surface area contributed by atoms with Gasteiger partial charge in [-0.25, -0.2) is 0 Å². The minimum absolute atomic E-state index is 0.828. The van der Waals surface area contributed by atoms with Crippen molar-refractivity contribution in [1.82, 2.24) is 4.68 Å². The van der Waals surface area contributed by atoms with Gasteiger partial charge in [0.15, 0.2) is 0 Å². The predicted molar refractivity (Wildman–Crippen MR) is 43.5 cm³/mol. The van der Waals surface area contributed by atoms with Crippen molar-refractivity contribution in [3.63, 3.8) is 0 Å². The molecule has 1 aromatic heterocycles. The Hall–Kier alpha value is -1.18. The number of rotatable bonds is 3. The van der Waals surface area contributed by atoms with Crippen LogP contribution in [0.3, 0.4) is 0 Å². The summed E-state index contributed by atoms with van der Waals surface area (Å²) in [5, 5.41) is 0. The van der Waals surface area contributed by atoms with Crippen molar-refractivity contribution >= 4 is 0 Å². The maximum Gasteiger partial charge on any atom is 0.0518 e. The van der Waals surface area contributed by atoms with Crippen molar-refractivity contribution < 1.29 is 0 Å². The fourth-order valence-corrected chi connectivity index (χ4v) is 0.666. The monoisotopic (exact) mass is 136 g/mol. The van der Waals surface area contributed by atoms with Crippen LogP contribution in [0.5, 0.6) is 0 Å². The van der Waals surface area contributed by atoms with Gasteiger partial charge >= 0.3 is 0 Å². The van der Waals surface area contributed by atoms with Gasteiger partial charge in [-0.3, -0.25) is 4.68 Å². The predicted octanol–water partition coefficient (Wildman–Crippen LogP) is 1.61. The van der Waals surface area contributed by atoms with Crippen molar-refractivity contribution in [3.05, 3.63) is 36.7 Å². The van der Waals surface area contributed by atoms with Crippen LogP contribution in [0.15, 0.2) is 36.7 Å². The molecule has 0 spiro atoms. The SMILES string of the molecule is C=C(C)CNn1cccc1. The van der Waals surface area contributed by atoms with E-state index in [4.69, 9.17) is 0 Å². The van der Waals surface area contributed by atoms with Crippen LogP contribution < -0.4 is 5.43 Å². The Bertz CT molecular complexity index is 199. The molecule has 1 heterocycles. The van der Waals surface area contributed by atoms with Gasteiger partial charge in [-0.15, -0.1) is 0 Å². The molecular weight excluding hydrogens is 124 g/mol. The highest BCUT2D eigenvalue weighted by Crippen LogP contribution is 1.87. The first-order valence-electron chi connectivity index (χ1n) is 3.30. The summed E-state index contributed by atoms with van der Waals surface area (Å²) in [5.74, 6) is 0. The van der Waals surface area contributed by atoms with Crippen molar-refractivity contribution in [1.29, 1.82) is 0 Å². The van der Waals surface area contributed by atoms with Crippen LogP contribution in [0.2, 0.25) is 0 Å². The Labute approximate surface area is 61.1 Å². The maximum atomic E-state index is 3.78. The van der Waals surface area contributed by atoms with Gasteiger partial charge in [-0.1, -0.05) is 12.2 Å². The highest BCUT2D eigenvalue weighted by molar-refractivity contribution is 5.00. The molecular formula is C8H12N2. The minimum atomic E-state index is 0.828. The number of nitrogens with one attached hydrogen (secondary N) is 1. The van der Waals surface area contributed by atoms with E-state index in [0.29, 0.717) is 0 Å². The molecule has 1 aromatic rings. The molecule has 0 radical (unpaired) electrons. The molecule has 0 aromatic carbocycles. The Morgan fingerprint density at radius 3 is 2.60 bits per heavy atom. The van der Waals surface area contributed by atoms with Crippen LogP contribution in [-0.4, -0.2) is 11.2 Å². The van der Waals surface area contributed by atoms with Crippen LogP contribution in [0.4, 0.5) is 0 Å². The summed E-state index contributed by atoms with van der Waals surface area (Å²) in [4.78, 5) is 0. The summed E-state index contributed by atoms with van der Waals surface area (Å²) in [6, 6.07) is 3.96. The van der Waals surface area contributed by atoms with E-state index >= 15 is 0 Å². The summed E-state index contributed by atoms with van der Waals surface area (Å²) >= 11 is 0. The fraction of sp³-hybridized carbons (Fsp3) is 0.250. The van der Waals surface area contributed by atoms with Gasteiger partial charge < -0.3 is 5.43 Å². The lowest BCUT2D eigenvalue weighted by molar-refractivity contribution is 0.882. The van der Waals surface area contributed by atoms with Crippen LogP contribution in [-0.2, 0) is 0 Å². The largest absolute Gasteiger partial charge is 0.322 e. The van der Waals surface area contributed by atoms with Gasteiger partial charge in [0.05, 0.1) is 6.54 Å². The lowest BCUT2D eigenvalue weighted by Gasteiger charge is -2.05. The van der Waals surface area contributed by atoms with Crippen molar-refractivity contribution in [2.24, 2.45) is 0 Å². The molecule has 1 rings (SSSR count). The zero-order valence-electron chi connectivity index (χ0n) is 6.17. The molecule has 0 bridgehead atoms. The zero-order valence-corrected chi connectivity index (χ0v) is 6.17. The first-order chi connectivity index (χ1) is 4.79. The van der Waals surface area contributed by atoms with E-state index in [1.54, 1.807) is 0 Å². The van der Waals surface area contributed by atoms with E-state index < -0.39 is 0 Å². The smallest absolute Gasteiger partial charge is 0.0518 e. The molecule has 0 aliphatic carbocycles. The minimum Gasteiger partial charge on any atom is -0.322 e. The molecule has 0 aliphatic heterocycles. The number of hydrogen-bond donors (Lipinski definition) is 1. The maximum absolute atomic E-state index is 3.78. The standard InChI is InChI=1S/C8H12N2/c1-8(2)7-9-10-5-3-4-6-10/h3-6,9H,1,7H2,2H3. The van der Waals surface area contributed by atoms with Crippen LogP contribution in [0.25, 0.3) is 0 Å². The summed E-state index contributed by atoms with van der Waals surface area (Å²) in [7, 11) is 0. The Morgan fingerprint density at radius 1 is 1.50 bits per heavy atom. The third kappa shape index (κ3) is 1.97. The van der Waals surface area contributed by atoms with Crippen LogP contribution in [0.1, 0.15) is 6.92 Å². The topological polar surface area (TPSA) is 17.0 Å². The first kappa shape index (κ1) is 6.93. The van der Waals surface area contributed by atoms with Crippen LogP contribution in [0, 0.1) is 0 Å². The lowest BCUT2D eigenvalue weighted by atomic mass is 10.4. The third-order valence-electron chi connectivity index (χ3n) is 1.17.